The minimum Gasteiger partial charge on any atom is -0.389 e. The van der Waals surface area contributed by atoms with Crippen molar-refractivity contribution in [3.8, 4) is 11.3 Å². The molecular weight excluding hydrogens is 527 g/mol. The van der Waals surface area contributed by atoms with Crippen LogP contribution in [0.1, 0.15) is 42.5 Å². The number of halogens is 1. The van der Waals surface area contributed by atoms with Crippen LogP contribution in [-0.2, 0) is 11.2 Å². The summed E-state index contributed by atoms with van der Waals surface area (Å²) in [6.07, 6.45) is 4.68. The number of fused-ring (bicyclic) bond motifs is 1. The van der Waals surface area contributed by atoms with Gasteiger partial charge in [0, 0.05) is 37.3 Å². The van der Waals surface area contributed by atoms with E-state index < -0.39 is 0 Å². The standard InChI is InChI=1S/C30H35FN6O2S/c1-4-25-29(34(3)30-33-26(18-40-30)21-5-7-22(31)8-6-21)37-16-24(19(2)13-27(37)32-25)20-9-11-35(12-10-20)17-28(39)36-14-23(38)15-36/h5-8,13,16,18,20,23,38H,4,9-12,14-15,17H2,1-3H3. The minimum atomic E-state index is -0.361. The Morgan fingerprint density at radius 2 is 1.90 bits per heavy atom. The SMILES string of the molecule is CCc1nc2cc(C)c(C3CCN(CC(=O)N4CC(O)C4)CC3)cn2c1N(C)c1nc(-c2ccc(F)cc2)cs1. The van der Waals surface area contributed by atoms with E-state index in [1.807, 2.05) is 12.4 Å². The maximum absolute atomic E-state index is 13.4. The van der Waals surface area contributed by atoms with Gasteiger partial charge >= 0.3 is 0 Å². The van der Waals surface area contributed by atoms with Gasteiger partial charge in [-0.1, -0.05) is 6.92 Å². The number of aromatic nitrogens is 3. The van der Waals surface area contributed by atoms with Crippen LogP contribution in [0.3, 0.4) is 0 Å². The molecule has 0 radical (unpaired) electrons. The van der Waals surface area contributed by atoms with E-state index in [0.29, 0.717) is 25.6 Å². The van der Waals surface area contributed by atoms with Crippen LogP contribution in [-0.4, -0.2) is 81.1 Å². The van der Waals surface area contributed by atoms with E-state index in [9.17, 15) is 14.3 Å². The van der Waals surface area contributed by atoms with Crippen LogP contribution in [0.5, 0.6) is 0 Å². The number of benzene rings is 1. The number of imidazole rings is 1. The van der Waals surface area contributed by atoms with Gasteiger partial charge in [0.2, 0.25) is 5.91 Å². The summed E-state index contributed by atoms with van der Waals surface area (Å²) in [5.74, 6) is 1.28. The summed E-state index contributed by atoms with van der Waals surface area (Å²) >= 11 is 1.56. The monoisotopic (exact) mass is 562 g/mol. The summed E-state index contributed by atoms with van der Waals surface area (Å²) in [5, 5.41) is 12.4. The van der Waals surface area contributed by atoms with Gasteiger partial charge in [-0.05, 0) is 86.7 Å². The van der Waals surface area contributed by atoms with Crippen molar-refractivity contribution >= 4 is 33.8 Å². The first-order chi connectivity index (χ1) is 19.3. The van der Waals surface area contributed by atoms with Crippen molar-refractivity contribution < 1.29 is 14.3 Å². The smallest absolute Gasteiger partial charge is 0.236 e. The summed E-state index contributed by atoms with van der Waals surface area (Å²) < 4.78 is 15.6. The topological polar surface area (TPSA) is 77.2 Å². The Balaban J connectivity index is 1.23. The summed E-state index contributed by atoms with van der Waals surface area (Å²) in [6.45, 7) is 7.41. The lowest BCUT2D eigenvalue weighted by Gasteiger charge is -2.38. The number of likely N-dealkylation sites (tertiary alicyclic amines) is 2. The van der Waals surface area contributed by atoms with E-state index in [-0.39, 0.29) is 17.8 Å². The molecule has 1 N–H and O–H groups in total. The second kappa shape index (κ2) is 10.9. The molecule has 2 aliphatic rings. The molecule has 40 heavy (non-hydrogen) atoms. The molecule has 0 unspecified atom stereocenters. The number of amides is 1. The Morgan fingerprint density at radius 1 is 1.18 bits per heavy atom. The number of aliphatic hydroxyl groups excluding tert-OH is 1. The van der Waals surface area contributed by atoms with Gasteiger partial charge in [0.15, 0.2) is 5.13 Å². The highest BCUT2D eigenvalue weighted by molar-refractivity contribution is 7.14. The molecule has 2 aliphatic heterocycles. The first kappa shape index (κ1) is 26.9. The van der Waals surface area contributed by atoms with Gasteiger partial charge in [-0.3, -0.25) is 14.1 Å². The van der Waals surface area contributed by atoms with Gasteiger partial charge in [0.1, 0.15) is 17.3 Å². The average Bonchev–Trinajstić information content (AvgIpc) is 3.56. The van der Waals surface area contributed by atoms with E-state index >= 15 is 0 Å². The number of hydrogen-bond donors (Lipinski definition) is 1. The van der Waals surface area contributed by atoms with E-state index in [0.717, 1.165) is 65.9 Å². The highest BCUT2D eigenvalue weighted by Crippen LogP contribution is 2.36. The first-order valence-corrected chi connectivity index (χ1v) is 14.8. The van der Waals surface area contributed by atoms with Crippen LogP contribution in [0.4, 0.5) is 15.3 Å². The van der Waals surface area contributed by atoms with Crippen molar-refractivity contribution in [3.63, 3.8) is 0 Å². The number of pyridine rings is 1. The van der Waals surface area contributed by atoms with E-state index in [2.05, 4.69) is 40.3 Å². The third kappa shape index (κ3) is 5.11. The number of piperidine rings is 1. The van der Waals surface area contributed by atoms with Crippen LogP contribution in [0.2, 0.25) is 0 Å². The van der Waals surface area contributed by atoms with Gasteiger partial charge < -0.3 is 14.9 Å². The number of hydrogen-bond acceptors (Lipinski definition) is 7. The third-order valence-electron chi connectivity index (χ3n) is 8.22. The fourth-order valence-electron chi connectivity index (χ4n) is 5.87. The Labute approximate surface area is 237 Å². The van der Waals surface area contributed by atoms with Crippen molar-refractivity contribution in [1.29, 1.82) is 0 Å². The van der Waals surface area contributed by atoms with Crippen LogP contribution in [0.15, 0.2) is 41.9 Å². The molecule has 0 aliphatic carbocycles. The van der Waals surface area contributed by atoms with Crippen molar-refractivity contribution in [2.75, 3.05) is 44.7 Å². The summed E-state index contributed by atoms with van der Waals surface area (Å²) in [7, 11) is 2.03. The molecule has 6 rings (SSSR count). The van der Waals surface area contributed by atoms with E-state index in [1.165, 1.54) is 23.3 Å². The van der Waals surface area contributed by atoms with E-state index in [4.69, 9.17) is 9.97 Å². The Bertz CT molecular complexity index is 1520. The van der Waals surface area contributed by atoms with Crippen LogP contribution in [0.25, 0.3) is 16.9 Å². The molecule has 0 bridgehead atoms. The Morgan fingerprint density at radius 3 is 2.58 bits per heavy atom. The van der Waals surface area contributed by atoms with Gasteiger partial charge in [-0.15, -0.1) is 11.3 Å². The summed E-state index contributed by atoms with van der Waals surface area (Å²) in [4.78, 5) is 28.4. The molecule has 4 aromatic rings. The molecule has 0 spiro atoms. The number of rotatable bonds is 7. The largest absolute Gasteiger partial charge is 0.389 e. The molecule has 10 heteroatoms. The predicted octanol–water partition coefficient (Wildman–Crippen LogP) is 4.62. The number of aliphatic hydroxyl groups is 1. The molecule has 1 amide bonds. The highest BCUT2D eigenvalue weighted by atomic mass is 32.1. The number of carbonyl (C=O) groups is 1. The molecule has 1 aromatic carbocycles. The predicted molar refractivity (Wildman–Crippen MR) is 156 cm³/mol. The zero-order valence-electron chi connectivity index (χ0n) is 23.2. The fraction of sp³-hybridized carbons (Fsp3) is 0.433. The second-order valence-electron chi connectivity index (χ2n) is 11.0. The molecule has 5 heterocycles. The van der Waals surface area contributed by atoms with Gasteiger partial charge in [0.25, 0.3) is 0 Å². The maximum Gasteiger partial charge on any atom is 0.236 e. The number of β-amino-alcohol motifs (C(OH)–C–C–N with tert-alkyl or cyclic N) is 1. The molecule has 3 aromatic heterocycles. The lowest BCUT2D eigenvalue weighted by molar-refractivity contribution is -0.142. The Kier molecular flexibility index (Phi) is 7.33. The average molecular weight is 563 g/mol. The molecule has 2 fully saturated rings. The zero-order chi connectivity index (χ0) is 28.0. The lowest BCUT2D eigenvalue weighted by Crippen LogP contribution is -2.56. The van der Waals surface area contributed by atoms with Crippen molar-refractivity contribution in [1.82, 2.24) is 24.2 Å². The molecule has 210 valence electrons. The van der Waals surface area contributed by atoms with Gasteiger partial charge in [-0.25, -0.2) is 14.4 Å². The van der Waals surface area contributed by atoms with Crippen LogP contribution in [0, 0.1) is 12.7 Å². The summed E-state index contributed by atoms with van der Waals surface area (Å²) in [6, 6.07) is 8.61. The highest BCUT2D eigenvalue weighted by Gasteiger charge is 2.31. The number of aryl methyl sites for hydroxylation is 2. The quantitative estimate of drug-likeness (QED) is 0.354. The van der Waals surface area contributed by atoms with Gasteiger partial charge in [0.05, 0.1) is 24.0 Å². The van der Waals surface area contributed by atoms with Gasteiger partial charge in [-0.2, -0.15) is 0 Å². The maximum atomic E-state index is 13.4. The molecule has 2 saturated heterocycles. The van der Waals surface area contributed by atoms with Crippen LogP contribution < -0.4 is 4.90 Å². The first-order valence-electron chi connectivity index (χ1n) is 14.0. The third-order valence-corrected chi connectivity index (χ3v) is 9.14. The van der Waals surface area contributed by atoms with Crippen molar-refractivity contribution in [2.24, 2.45) is 0 Å². The van der Waals surface area contributed by atoms with E-state index in [1.54, 1.807) is 28.4 Å². The second-order valence-corrected chi connectivity index (χ2v) is 11.8. The van der Waals surface area contributed by atoms with Crippen LogP contribution >= 0.6 is 11.3 Å². The molecule has 0 saturated carbocycles. The normalized spacial score (nSPS) is 17.0. The Hall–Kier alpha value is -3.34. The molecule has 8 nitrogen and oxygen atoms in total. The molecular formula is C30H35FN6O2S. The minimum absolute atomic E-state index is 0.115. The summed E-state index contributed by atoms with van der Waals surface area (Å²) in [5.41, 5.74) is 6.22. The lowest BCUT2D eigenvalue weighted by atomic mass is 9.88. The fourth-order valence-corrected chi connectivity index (χ4v) is 6.67. The van der Waals surface area contributed by atoms with Crippen molar-refractivity contribution in [3.05, 3.63) is 64.5 Å². The number of carbonyl (C=O) groups excluding carboxylic acids is 1. The number of anilines is 2. The number of thiazole rings is 1. The zero-order valence-corrected chi connectivity index (χ0v) is 24.0. The number of nitrogens with zero attached hydrogens (tertiary/aromatic N) is 6. The van der Waals surface area contributed by atoms with Crippen molar-refractivity contribution in [2.45, 2.75) is 45.1 Å². The molecule has 0 atom stereocenters.